The standard InChI is InChI=1S/C15H15NO3S/c1-2-19-13-6-4-3-5-12(13)10-20-14-9-11(15(17)18)7-8-16-14/h3-9H,2,10H2,1H3,(H,17,18). The number of aromatic carboxylic acids is 1. The predicted octanol–water partition coefficient (Wildman–Crippen LogP) is 3.47. The molecule has 0 spiro atoms. The van der Waals surface area contributed by atoms with Crippen LogP contribution in [0.5, 0.6) is 5.75 Å². The van der Waals surface area contributed by atoms with Gasteiger partial charge in [0, 0.05) is 17.5 Å². The average molecular weight is 289 g/mol. The summed E-state index contributed by atoms with van der Waals surface area (Å²) in [7, 11) is 0. The minimum absolute atomic E-state index is 0.251. The lowest BCUT2D eigenvalue weighted by atomic mass is 10.2. The van der Waals surface area contributed by atoms with Crippen molar-refractivity contribution in [3.63, 3.8) is 0 Å². The number of thioether (sulfide) groups is 1. The summed E-state index contributed by atoms with van der Waals surface area (Å²) in [4.78, 5) is 15.1. The maximum absolute atomic E-state index is 10.9. The number of hydrogen-bond acceptors (Lipinski definition) is 4. The molecule has 2 aromatic rings. The van der Waals surface area contributed by atoms with Crippen LogP contribution in [0.2, 0.25) is 0 Å². The first-order chi connectivity index (χ1) is 9.70. The third kappa shape index (κ3) is 3.74. The molecule has 0 aliphatic carbocycles. The summed E-state index contributed by atoms with van der Waals surface area (Å²) in [6.07, 6.45) is 1.51. The van der Waals surface area contributed by atoms with Crippen LogP contribution >= 0.6 is 11.8 Å². The number of benzene rings is 1. The van der Waals surface area contributed by atoms with Crippen molar-refractivity contribution in [2.24, 2.45) is 0 Å². The Labute approximate surface area is 121 Å². The molecule has 0 bridgehead atoms. The van der Waals surface area contributed by atoms with E-state index in [0.717, 1.165) is 11.3 Å². The van der Waals surface area contributed by atoms with Gasteiger partial charge in [0.15, 0.2) is 0 Å². The van der Waals surface area contributed by atoms with Gasteiger partial charge in [-0.1, -0.05) is 18.2 Å². The molecule has 0 unspecified atom stereocenters. The zero-order valence-corrected chi connectivity index (χ0v) is 11.9. The number of hydrogen-bond donors (Lipinski definition) is 1. The molecule has 104 valence electrons. The number of nitrogens with zero attached hydrogens (tertiary/aromatic N) is 1. The number of pyridine rings is 1. The van der Waals surface area contributed by atoms with E-state index in [1.54, 1.807) is 6.07 Å². The highest BCUT2D eigenvalue weighted by Crippen LogP contribution is 2.27. The summed E-state index contributed by atoms with van der Waals surface area (Å²) in [5.74, 6) is 0.604. The van der Waals surface area contributed by atoms with Crippen LogP contribution < -0.4 is 4.74 Å². The Morgan fingerprint density at radius 2 is 2.15 bits per heavy atom. The summed E-state index contributed by atoms with van der Waals surface area (Å²) in [5.41, 5.74) is 1.32. The van der Waals surface area contributed by atoms with Crippen LogP contribution in [0.4, 0.5) is 0 Å². The van der Waals surface area contributed by atoms with Crippen LogP contribution in [0.15, 0.2) is 47.6 Å². The van der Waals surface area contributed by atoms with E-state index in [-0.39, 0.29) is 5.56 Å². The van der Waals surface area contributed by atoms with Gasteiger partial charge in [-0.3, -0.25) is 0 Å². The van der Waals surface area contributed by atoms with Gasteiger partial charge in [0.1, 0.15) is 5.75 Å². The molecular weight excluding hydrogens is 274 g/mol. The quantitative estimate of drug-likeness (QED) is 0.825. The summed E-state index contributed by atoms with van der Waals surface area (Å²) in [6, 6.07) is 10.9. The van der Waals surface area contributed by atoms with Gasteiger partial charge in [-0.05, 0) is 25.1 Å². The van der Waals surface area contributed by atoms with E-state index < -0.39 is 5.97 Å². The van der Waals surface area contributed by atoms with Gasteiger partial charge >= 0.3 is 5.97 Å². The van der Waals surface area contributed by atoms with E-state index >= 15 is 0 Å². The van der Waals surface area contributed by atoms with Crippen LogP contribution in [0.1, 0.15) is 22.8 Å². The lowest BCUT2D eigenvalue weighted by molar-refractivity contribution is 0.0696. The first-order valence-electron chi connectivity index (χ1n) is 6.23. The van der Waals surface area contributed by atoms with Crippen molar-refractivity contribution in [3.05, 3.63) is 53.7 Å². The van der Waals surface area contributed by atoms with E-state index in [1.807, 2.05) is 31.2 Å². The third-order valence-corrected chi connectivity index (χ3v) is 3.60. The third-order valence-electron chi connectivity index (χ3n) is 2.63. The number of para-hydroxylation sites is 1. The monoisotopic (exact) mass is 289 g/mol. The normalized spacial score (nSPS) is 10.2. The largest absolute Gasteiger partial charge is 0.494 e. The van der Waals surface area contributed by atoms with Gasteiger partial charge < -0.3 is 9.84 Å². The molecule has 0 aliphatic heterocycles. The van der Waals surface area contributed by atoms with Crippen LogP contribution in [-0.2, 0) is 5.75 Å². The topological polar surface area (TPSA) is 59.4 Å². The van der Waals surface area contributed by atoms with Crippen molar-refractivity contribution in [2.75, 3.05) is 6.61 Å². The fourth-order valence-corrected chi connectivity index (χ4v) is 2.58. The summed E-state index contributed by atoms with van der Waals surface area (Å²) >= 11 is 1.49. The summed E-state index contributed by atoms with van der Waals surface area (Å²) < 4.78 is 5.56. The van der Waals surface area contributed by atoms with Gasteiger partial charge in [-0.2, -0.15) is 0 Å². The van der Waals surface area contributed by atoms with Crippen LogP contribution in [0.3, 0.4) is 0 Å². The molecule has 4 nitrogen and oxygen atoms in total. The van der Waals surface area contributed by atoms with E-state index in [0.29, 0.717) is 17.4 Å². The first kappa shape index (κ1) is 14.4. The first-order valence-corrected chi connectivity index (χ1v) is 7.22. The van der Waals surface area contributed by atoms with Crippen LogP contribution in [0.25, 0.3) is 0 Å². The molecule has 0 radical (unpaired) electrons. The molecule has 0 amide bonds. The number of rotatable bonds is 6. The Kier molecular flexibility index (Phi) is 5.01. The summed E-state index contributed by atoms with van der Waals surface area (Å²) in [6.45, 7) is 2.57. The van der Waals surface area contributed by atoms with E-state index in [1.165, 1.54) is 24.0 Å². The molecule has 0 atom stereocenters. The Hall–Kier alpha value is -2.01. The fourth-order valence-electron chi connectivity index (χ4n) is 1.69. The fraction of sp³-hybridized carbons (Fsp3) is 0.200. The number of aromatic nitrogens is 1. The van der Waals surface area contributed by atoms with Gasteiger partial charge in [0.2, 0.25) is 0 Å². The molecular formula is C15H15NO3S. The predicted molar refractivity (Wildman–Crippen MR) is 78.4 cm³/mol. The number of ether oxygens (including phenoxy) is 1. The smallest absolute Gasteiger partial charge is 0.335 e. The van der Waals surface area contributed by atoms with Gasteiger partial charge in [-0.15, -0.1) is 11.8 Å². The lowest BCUT2D eigenvalue weighted by Gasteiger charge is -2.09. The molecule has 1 N–H and O–H groups in total. The molecule has 0 saturated carbocycles. The Balaban J connectivity index is 2.09. The summed E-state index contributed by atoms with van der Waals surface area (Å²) in [5, 5.41) is 9.64. The molecule has 20 heavy (non-hydrogen) atoms. The Bertz CT molecular complexity index is 601. The molecule has 1 heterocycles. The van der Waals surface area contributed by atoms with Crippen molar-refractivity contribution in [2.45, 2.75) is 17.7 Å². The lowest BCUT2D eigenvalue weighted by Crippen LogP contribution is -1.97. The second-order valence-corrected chi connectivity index (χ2v) is 5.01. The number of carbonyl (C=O) groups is 1. The second-order valence-electron chi connectivity index (χ2n) is 4.02. The highest BCUT2D eigenvalue weighted by atomic mass is 32.2. The Morgan fingerprint density at radius 1 is 1.35 bits per heavy atom. The number of carboxylic acid groups (broad SMARTS) is 1. The minimum Gasteiger partial charge on any atom is -0.494 e. The van der Waals surface area contributed by atoms with Gasteiger partial charge in [0.25, 0.3) is 0 Å². The van der Waals surface area contributed by atoms with Crippen LogP contribution in [-0.4, -0.2) is 22.7 Å². The van der Waals surface area contributed by atoms with Crippen molar-refractivity contribution < 1.29 is 14.6 Å². The van der Waals surface area contributed by atoms with Gasteiger partial charge in [-0.25, -0.2) is 9.78 Å². The van der Waals surface area contributed by atoms with Crippen molar-refractivity contribution >= 4 is 17.7 Å². The highest BCUT2D eigenvalue weighted by Gasteiger charge is 2.07. The van der Waals surface area contributed by atoms with Gasteiger partial charge in [0.05, 0.1) is 17.2 Å². The molecule has 5 heteroatoms. The average Bonchev–Trinajstić information content (AvgIpc) is 2.47. The number of carboxylic acids is 1. The Morgan fingerprint density at radius 3 is 2.90 bits per heavy atom. The van der Waals surface area contributed by atoms with E-state index in [9.17, 15) is 4.79 Å². The zero-order chi connectivity index (χ0) is 14.4. The molecule has 2 rings (SSSR count). The minimum atomic E-state index is -0.941. The van der Waals surface area contributed by atoms with Crippen molar-refractivity contribution in [3.8, 4) is 5.75 Å². The maximum atomic E-state index is 10.9. The zero-order valence-electron chi connectivity index (χ0n) is 11.1. The molecule has 1 aromatic carbocycles. The van der Waals surface area contributed by atoms with E-state index in [4.69, 9.17) is 9.84 Å². The highest BCUT2D eigenvalue weighted by molar-refractivity contribution is 7.98. The van der Waals surface area contributed by atoms with E-state index in [2.05, 4.69) is 4.98 Å². The van der Waals surface area contributed by atoms with Crippen molar-refractivity contribution in [1.29, 1.82) is 0 Å². The molecule has 0 saturated heterocycles. The van der Waals surface area contributed by atoms with Crippen molar-refractivity contribution in [1.82, 2.24) is 4.98 Å². The SMILES string of the molecule is CCOc1ccccc1CSc1cc(C(=O)O)ccn1. The maximum Gasteiger partial charge on any atom is 0.335 e. The van der Waals surface area contributed by atoms with Crippen LogP contribution in [0, 0.1) is 0 Å². The molecule has 1 aromatic heterocycles. The molecule has 0 aliphatic rings. The molecule has 0 fully saturated rings. The second kappa shape index (κ2) is 6.96.